The van der Waals surface area contributed by atoms with E-state index >= 15 is 0 Å². The zero-order valence-electron chi connectivity index (χ0n) is 8.72. The Morgan fingerprint density at radius 3 is 2.33 bits per heavy atom. The van der Waals surface area contributed by atoms with Crippen LogP contribution < -0.4 is 0 Å². The minimum absolute atomic E-state index is 1.14. The maximum absolute atomic E-state index is 4.02. The molecule has 0 atom stereocenters. The molecule has 0 aliphatic rings. The second-order valence-corrected chi connectivity index (χ2v) is 3.38. The molecular weight excluding hydrogens is 182 g/mol. The Hall–Kier alpha value is -1.89. The molecule has 0 aliphatic carbocycles. The summed E-state index contributed by atoms with van der Waals surface area (Å²) in [6.07, 6.45) is 1.87. The molecule has 1 heteroatoms. The van der Waals surface area contributed by atoms with Gasteiger partial charge in [-0.05, 0) is 22.8 Å². The summed E-state index contributed by atoms with van der Waals surface area (Å²) in [5, 5.41) is 0. The molecule has 0 radical (unpaired) electrons. The standard InChI is InChI=1S/C14H13N/c1-15-11-12-6-5-9-14(10-12)13-7-3-2-4-8-13/h2-11H,1H3. The van der Waals surface area contributed by atoms with Gasteiger partial charge in [0.25, 0.3) is 0 Å². The monoisotopic (exact) mass is 195 g/mol. The van der Waals surface area contributed by atoms with Crippen molar-refractivity contribution in [2.24, 2.45) is 4.99 Å². The highest BCUT2D eigenvalue weighted by Gasteiger charge is 1.96. The van der Waals surface area contributed by atoms with Crippen molar-refractivity contribution in [3.8, 4) is 11.1 Å². The average molecular weight is 195 g/mol. The molecular formula is C14H13N. The third kappa shape index (κ3) is 2.32. The van der Waals surface area contributed by atoms with Crippen LogP contribution in [0.15, 0.2) is 59.6 Å². The molecule has 0 aromatic heterocycles. The Morgan fingerprint density at radius 2 is 1.60 bits per heavy atom. The van der Waals surface area contributed by atoms with Crippen LogP contribution in [0.5, 0.6) is 0 Å². The number of benzene rings is 2. The molecule has 2 aromatic rings. The van der Waals surface area contributed by atoms with Gasteiger partial charge in [0.2, 0.25) is 0 Å². The van der Waals surface area contributed by atoms with E-state index in [1.165, 1.54) is 11.1 Å². The Kier molecular flexibility index (Phi) is 2.93. The van der Waals surface area contributed by atoms with Gasteiger partial charge in [-0.3, -0.25) is 4.99 Å². The first-order valence-corrected chi connectivity index (χ1v) is 4.98. The lowest BCUT2D eigenvalue weighted by Crippen LogP contribution is -1.82. The van der Waals surface area contributed by atoms with Crippen molar-refractivity contribution in [2.75, 3.05) is 7.05 Å². The molecule has 1 nitrogen and oxygen atoms in total. The van der Waals surface area contributed by atoms with Crippen LogP contribution in [-0.2, 0) is 0 Å². The van der Waals surface area contributed by atoms with Gasteiger partial charge < -0.3 is 0 Å². The predicted molar refractivity (Wildman–Crippen MR) is 65.4 cm³/mol. The van der Waals surface area contributed by atoms with Crippen molar-refractivity contribution < 1.29 is 0 Å². The molecule has 0 bridgehead atoms. The second kappa shape index (κ2) is 4.56. The lowest BCUT2D eigenvalue weighted by molar-refractivity contribution is 1.46. The molecule has 0 aliphatic heterocycles. The Labute approximate surface area is 90.1 Å². The Balaban J connectivity index is 2.41. The number of hydrogen-bond donors (Lipinski definition) is 0. The number of aliphatic imine (C=N–C) groups is 1. The molecule has 0 amide bonds. The highest BCUT2D eigenvalue weighted by atomic mass is 14.6. The van der Waals surface area contributed by atoms with E-state index in [2.05, 4.69) is 53.5 Å². The van der Waals surface area contributed by atoms with Crippen molar-refractivity contribution in [2.45, 2.75) is 0 Å². The largest absolute Gasteiger partial charge is 0.296 e. The molecule has 0 fully saturated rings. The first-order chi connectivity index (χ1) is 7.40. The van der Waals surface area contributed by atoms with Gasteiger partial charge in [-0.2, -0.15) is 0 Å². The van der Waals surface area contributed by atoms with E-state index in [0.29, 0.717) is 0 Å². The van der Waals surface area contributed by atoms with Crippen LogP contribution >= 0.6 is 0 Å². The van der Waals surface area contributed by atoms with E-state index in [4.69, 9.17) is 0 Å². The average Bonchev–Trinajstić information content (AvgIpc) is 2.31. The molecule has 0 saturated heterocycles. The SMILES string of the molecule is CN=Cc1cccc(-c2ccccc2)c1. The fraction of sp³-hybridized carbons (Fsp3) is 0.0714. The number of nitrogens with zero attached hydrogens (tertiary/aromatic N) is 1. The molecule has 15 heavy (non-hydrogen) atoms. The maximum atomic E-state index is 4.02. The fourth-order valence-corrected chi connectivity index (χ4v) is 1.58. The van der Waals surface area contributed by atoms with Crippen molar-refractivity contribution in [1.82, 2.24) is 0 Å². The van der Waals surface area contributed by atoms with Crippen LogP contribution in [-0.4, -0.2) is 13.3 Å². The predicted octanol–water partition coefficient (Wildman–Crippen LogP) is 3.40. The normalized spacial score (nSPS) is 10.7. The minimum atomic E-state index is 1.14. The van der Waals surface area contributed by atoms with E-state index in [-0.39, 0.29) is 0 Å². The third-order valence-corrected chi connectivity index (χ3v) is 2.27. The van der Waals surface area contributed by atoms with E-state index in [1.807, 2.05) is 12.3 Å². The van der Waals surface area contributed by atoms with Crippen LogP contribution in [0.25, 0.3) is 11.1 Å². The molecule has 0 unspecified atom stereocenters. The summed E-state index contributed by atoms with van der Waals surface area (Å²) in [5.74, 6) is 0. The summed E-state index contributed by atoms with van der Waals surface area (Å²) in [4.78, 5) is 4.02. The van der Waals surface area contributed by atoms with Crippen LogP contribution in [0.3, 0.4) is 0 Å². The third-order valence-electron chi connectivity index (χ3n) is 2.27. The highest BCUT2D eigenvalue weighted by molar-refractivity contribution is 5.82. The first-order valence-electron chi connectivity index (χ1n) is 4.98. The summed E-state index contributed by atoms with van der Waals surface area (Å²) < 4.78 is 0. The second-order valence-electron chi connectivity index (χ2n) is 3.38. The van der Waals surface area contributed by atoms with Gasteiger partial charge in [-0.25, -0.2) is 0 Å². The van der Waals surface area contributed by atoms with Crippen LogP contribution in [0, 0.1) is 0 Å². The molecule has 0 saturated carbocycles. The van der Waals surface area contributed by atoms with Crippen molar-refractivity contribution in [1.29, 1.82) is 0 Å². The number of rotatable bonds is 2. The van der Waals surface area contributed by atoms with Crippen molar-refractivity contribution >= 4 is 6.21 Å². The molecule has 0 heterocycles. The Bertz CT molecular complexity index is 458. The van der Waals surface area contributed by atoms with Gasteiger partial charge >= 0.3 is 0 Å². The zero-order chi connectivity index (χ0) is 10.5. The van der Waals surface area contributed by atoms with Gasteiger partial charge in [0.1, 0.15) is 0 Å². The summed E-state index contributed by atoms with van der Waals surface area (Å²) in [7, 11) is 1.79. The summed E-state index contributed by atoms with van der Waals surface area (Å²) >= 11 is 0. The van der Waals surface area contributed by atoms with Gasteiger partial charge in [0, 0.05) is 13.3 Å². The topological polar surface area (TPSA) is 12.4 Å². The minimum Gasteiger partial charge on any atom is -0.296 e. The van der Waals surface area contributed by atoms with Gasteiger partial charge in [0.05, 0.1) is 0 Å². The number of hydrogen-bond acceptors (Lipinski definition) is 1. The van der Waals surface area contributed by atoms with Crippen molar-refractivity contribution in [3.63, 3.8) is 0 Å². The molecule has 0 spiro atoms. The lowest BCUT2D eigenvalue weighted by Gasteiger charge is -2.01. The highest BCUT2D eigenvalue weighted by Crippen LogP contribution is 2.19. The maximum Gasteiger partial charge on any atom is 0.0281 e. The van der Waals surface area contributed by atoms with Crippen molar-refractivity contribution in [3.05, 3.63) is 60.2 Å². The fourth-order valence-electron chi connectivity index (χ4n) is 1.58. The molecule has 2 aromatic carbocycles. The summed E-state index contributed by atoms with van der Waals surface area (Å²) in [6, 6.07) is 18.7. The van der Waals surface area contributed by atoms with Crippen LogP contribution in [0.1, 0.15) is 5.56 Å². The van der Waals surface area contributed by atoms with E-state index in [9.17, 15) is 0 Å². The smallest absolute Gasteiger partial charge is 0.0281 e. The van der Waals surface area contributed by atoms with E-state index < -0.39 is 0 Å². The van der Waals surface area contributed by atoms with Gasteiger partial charge in [0.15, 0.2) is 0 Å². The van der Waals surface area contributed by atoms with E-state index in [1.54, 1.807) is 7.05 Å². The van der Waals surface area contributed by atoms with Crippen LogP contribution in [0.4, 0.5) is 0 Å². The Morgan fingerprint density at radius 1 is 0.867 bits per heavy atom. The molecule has 2 rings (SSSR count). The quantitative estimate of drug-likeness (QED) is 0.651. The van der Waals surface area contributed by atoms with Crippen LogP contribution in [0.2, 0.25) is 0 Å². The molecule has 74 valence electrons. The van der Waals surface area contributed by atoms with E-state index in [0.717, 1.165) is 5.56 Å². The molecule has 0 N–H and O–H groups in total. The van der Waals surface area contributed by atoms with Gasteiger partial charge in [-0.1, -0.05) is 48.5 Å². The van der Waals surface area contributed by atoms with Gasteiger partial charge in [-0.15, -0.1) is 0 Å². The lowest BCUT2D eigenvalue weighted by atomic mass is 10.0. The summed E-state index contributed by atoms with van der Waals surface area (Å²) in [6.45, 7) is 0. The summed E-state index contributed by atoms with van der Waals surface area (Å²) in [5.41, 5.74) is 3.61. The first kappa shape index (κ1) is 9.66. The zero-order valence-corrected chi connectivity index (χ0v) is 8.72.